The van der Waals surface area contributed by atoms with Crippen LogP contribution in [0, 0.1) is 0 Å². The van der Waals surface area contributed by atoms with Gasteiger partial charge in [-0.1, -0.05) is 0 Å². The van der Waals surface area contributed by atoms with Crippen LogP contribution in [0.1, 0.15) is 23.7 Å². The van der Waals surface area contributed by atoms with Crippen LogP contribution in [-0.4, -0.2) is 40.4 Å². The number of nitrogens with one attached hydrogen (secondary N) is 2. The van der Waals surface area contributed by atoms with Crippen LogP contribution >= 0.6 is 11.8 Å². The molecule has 0 radical (unpaired) electrons. The predicted octanol–water partition coefficient (Wildman–Crippen LogP) is 2.25. The number of carboxylic acid groups (broad SMARTS) is 1. The van der Waals surface area contributed by atoms with E-state index in [-0.39, 0.29) is 16.7 Å². The first kappa shape index (κ1) is 18.1. The highest BCUT2D eigenvalue weighted by Gasteiger charge is 2.36. The molecule has 10 heteroatoms. The van der Waals surface area contributed by atoms with Crippen molar-refractivity contribution in [2.45, 2.75) is 35.7 Å². The summed E-state index contributed by atoms with van der Waals surface area (Å²) in [5.74, 6) is -3.01. The Hall–Kier alpha value is -2.23. The summed E-state index contributed by atoms with van der Waals surface area (Å²) in [6, 6.07) is 2.12. The Morgan fingerprint density at radius 2 is 2.08 bits per heavy atom. The van der Waals surface area contributed by atoms with E-state index in [9.17, 15) is 27.6 Å². The molecule has 1 aliphatic rings. The first-order chi connectivity index (χ1) is 11.1. The first-order valence-corrected chi connectivity index (χ1v) is 7.67. The molecule has 130 valence electrons. The molecule has 1 aromatic rings. The fourth-order valence-corrected chi connectivity index (χ4v) is 2.95. The zero-order valence-electron chi connectivity index (χ0n) is 12.3. The van der Waals surface area contributed by atoms with Crippen molar-refractivity contribution in [2.75, 3.05) is 5.32 Å². The maximum Gasteiger partial charge on any atom is 0.391 e. The van der Waals surface area contributed by atoms with Crippen molar-refractivity contribution in [1.29, 1.82) is 0 Å². The molecule has 2 rings (SSSR count). The normalized spacial score (nSPS) is 18.3. The third-order valence-electron chi connectivity index (χ3n) is 3.21. The fourth-order valence-electron chi connectivity index (χ4n) is 2.02. The van der Waals surface area contributed by atoms with Gasteiger partial charge in [0.2, 0.25) is 5.91 Å². The van der Waals surface area contributed by atoms with Gasteiger partial charge in [0.15, 0.2) is 0 Å². The van der Waals surface area contributed by atoms with Gasteiger partial charge in [-0.2, -0.15) is 13.2 Å². The van der Waals surface area contributed by atoms with Crippen LogP contribution in [-0.2, 0) is 9.59 Å². The molecular formula is C14H13F3N2O4S. The van der Waals surface area contributed by atoms with Crippen LogP contribution < -0.4 is 10.6 Å². The SMILES string of the molecule is CC1Sc2ccc(C(=O)NC(CC(F)(F)F)C(=O)O)cc2NC1=O. The largest absolute Gasteiger partial charge is 0.480 e. The predicted molar refractivity (Wildman–Crippen MR) is 80.0 cm³/mol. The molecule has 0 aromatic heterocycles. The topological polar surface area (TPSA) is 95.5 Å². The van der Waals surface area contributed by atoms with Gasteiger partial charge in [0, 0.05) is 10.5 Å². The molecule has 1 heterocycles. The van der Waals surface area contributed by atoms with Crippen LogP contribution in [0.15, 0.2) is 23.1 Å². The third-order valence-corrected chi connectivity index (χ3v) is 4.39. The number of fused-ring (bicyclic) bond motifs is 1. The summed E-state index contributed by atoms with van der Waals surface area (Å²) in [6.07, 6.45) is -6.41. The summed E-state index contributed by atoms with van der Waals surface area (Å²) < 4.78 is 37.1. The summed E-state index contributed by atoms with van der Waals surface area (Å²) in [5, 5.41) is 12.9. The molecule has 0 saturated carbocycles. The van der Waals surface area contributed by atoms with Gasteiger partial charge in [-0.05, 0) is 25.1 Å². The average molecular weight is 362 g/mol. The minimum Gasteiger partial charge on any atom is -0.480 e. The Labute approximate surface area is 138 Å². The Morgan fingerprint density at radius 1 is 1.42 bits per heavy atom. The Bertz CT molecular complexity index is 693. The molecule has 2 unspecified atom stereocenters. The highest BCUT2D eigenvalue weighted by Crippen LogP contribution is 2.36. The van der Waals surface area contributed by atoms with E-state index in [1.807, 2.05) is 5.32 Å². The lowest BCUT2D eigenvalue weighted by atomic mass is 10.1. The molecule has 0 aliphatic carbocycles. The Morgan fingerprint density at radius 3 is 2.67 bits per heavy atom. The van der Waals surface area contributed by atoms with Gasteiger partial charge >= 0.3 is 12.1 Å². The molecule has 0 spiro atoms. The number of halogens is 3. The lowest BCUT2D eigenvalue weighted by Crippen LogP contribution is -2.43. The van der Waals surface area contributed by atoms with Gasteiger partial charge in [-0.25, -0.2) is 4.79 Å². The second-order valence-corrected chi connectivity index (χ2v) is 6.53. The molecular weight excluding hydrogens is 349 g/mol. The van der Waals surface area contributed by atoms with Crippen molar-refractivity contribution >= 4 is 35.2 Å². The minimum atomic E-state index is -4.73. The number of thioether (sulfide) groups is 1. The fraction of sp³-hybridized carbons (Fsp3) is 0.357. The number of carbonyl (C=O) groups excluding carboxylic acids is 2. The summed E-state index contributed by atoms with van der Waals surface area (Å²) in [4.78, 5) is 35.2. The van der Waals surface area contributed by atoms with Crippen molar-refractivity contribution in [3.8, 4) is 0 Å². The molecule has 2 atom stereocenters. The summed E-state index contributed by atoms with van der Waals surface area (Å²) in [6.45, 7) is 1.71. The van der Waals surface area contributed by atoms with E-state index >= 15 is 0 Å². The van der Waals surface area contributed by atoms with E-state index in [1.54, 1.807) is 13.0 Å². The molecule has 6 nitrogen and oxygen atoms in total. The number of aliphatic carboxylic acids is 1. The van der Waals surface area contributed by atoms with E-state index in [2.05, 4.69) is 5.32 Å². The van der Waals surface area contributed by atoms with E-state index in [0.29, 0.717) is 10.6 Å². The van der Waals surface area contributed by atoms with Crippen molar-refractivity contribution < 1.29 is 32.7 Å². The third kappa shape index (κ3) is 4.40. The second kappa shape index (κ2) is 6.71. The first-order valence-electron chi connectivity index (χ1n) is 6.79. The maximum atomic E-state index is 12.4. The van der Waals surface area contributed by atoms with Crippen LogP contribution in [0.25, 0.3) is 0 Å². The quantitative estimate of drug-likeness (QED) is 0.764. The number of hydrogen-bond acceptors (Lipinski definition) is 4. The lowest BCUT2D eigenvalue weighted by molar-refractivity contribution is -0.157. The standard InChI is InChI=1S/C14H13F3N2O4S/c1-6-11(20)18-8-4-7(2-3-10(8)24-6)12(21)19-9(13(22)23)5-14(15,16)17/h2-4,6,9H,5H2,1H3,(H,18,20)(H,19,21)(H,22,23). The van der Waals surface area contributed by atoms with Crippen LogP contribution in [0.2, 0.25) is 0 Å². The van der Waals surface area contributed by atoms with Gasteiger partial charge in [0.05, 0.1) is 17.4 Å². The van der Waals surface area contributed by atoms with Gasteiger partial charge < -0.3 is 15.7 Å². The zero-order valence-corrected chi connectivity index (χ0v) is 13.1. The molecule has 1 aliphatic heterocycles. The smallest absolute Gasteiger partial charge is 0.391 e. The minimum absolute atomic E-state index is 0.0439. The number of carboxylic acids is 1. The van der Waals surface area contributed by atoms with E-state index in [0.717, 1.165) is 0 Å². The number of alkyl halides is 3. The van der Waals surface area contributed by atoms with Crippen molar-refractivity contribution in [1.82, 2.24) is 5.32 Å². The molecule has 2 amide bonds. The van der Waals surface area contributed by atoms with Crippen LogP contribution in [0.4, 0.5) is 18.9 Å². The number of amides is 2. The Balaban J connectivity index is 2.16. The van der Waals surface area contributed by atoms with E-state index in [4.69, 9.17) is 5.11 Å². The maximum absolute atomic E-state index is 12.4. The van der Waals surface area contributed by atoms with E-state index in [1.165, 1.54) is 23.9 Å². The highest BCUT2D eigenvalue weighted by atomic mass is 32.2. The van der Waals surface area contributed by atoms with Gasteiger partial charge in [-0.3, -0.25) is 9.59 Å². The van der Waals surface area contributed by atoms with Gasteiger partial charge in [0.1, 0.15) is 6.04 Å². The molecule has 0 bridgehead atoms. The summed E-state index contributed by atoms with van der Waals surface area (Å²) in [7, 11) is 0. The van der Waals surface area contributed by atoms with Gasteiger partial charge in [-0.15, -0.1) is 11.8 Å². The number of benzene rings is 1. The van der Waals surface area contributed by atoms with Crippen LogP contribution in [0.3, 0.4) is 0 Å². The summed E-state index contributed by atoms with van der Waals surface area (Å²) in [5.41, 5.74) is 0.316. The van der Waals surface area contributed by atoms with Gasteiger partial charge in [0.25, 0.3) is 5.91 Å². The second-order valence-electron chi connectivity index (χ2n) is 5.14. The Kier molecular flexibility index (Phi) is 5.07. The average Bonchev–Trinajstić information content (AvgIpc) is 2.45. The van der Waals surface area contributed by atoms with Crippen molar-refractivity contribution in [3.05, 3.63) is 23.8 Å². The molecule has 0 saturated heterocycles. The van der Waals surface area contributed by atoms with E-state index < -0.39 is 30.5 Å². The summed E-state index contributed by atoms with van der Waals surface area (Å²) >= 11 is 1.28. The highest BCUT2D eigenvalue weighted by molar-refractivity contribution is 8.00. The zero-order chi connectivity index (χ0) is 18.1. The lowest BCUT2D eigenvalue weighted by Gasteiger charge is -2.22. The number of carbonyl (C=O) groups is 3. The van der Waals surface area contributed by atoms with Crippen molar-refractivity contribution in [2.24, 2.45) is 0 Å². The van der Waals surface area contributed by atoms with Crippen molar-refractivity contribution in [3.63, 3.8) is 0 Å². The number of hydrogen-bond donors (Lipinski definition) is 3. The molecule has 3 N–H and O–H groups in total. The monoisotopic (exact) mass is 362 g/mol. The number of anilines is 1. The number of rotatable bonds is 4. The van der Waals surface area contributed by atoms with Crippen LogP contribution in [0.5, 0.6) is 0 Å². The molecule has 1 aromatic carbocycles. The molecule has 24 heavy (non-hydrogen) atoms. The molecule has 0 fully saturated rings.